The Morgan fingerprint density at radius 3 is 2.58 bits per heavy atom. The summed E-state index contributed by atoms with van der Waals surface area (Å²) < 4.78 is 18.3. The average Bonchev–Trinajstić information content (AvgIpc) is 2.80. The van der Waals surface area contributed by atoms with E-state index in [2.05, 4.69) is 12.2 Å². The highest BCUT2D eigenvalue weighted by atomic mass is 19.1. The van der Waals surface area contributed by atoms with Gasteiger partial charge in [-0.1, -0.05) is 6.92 Å². The molecule has 3 rings (SSSR count). The van der Waals surface area contributed by atoms with E-state index in [0.717, 1.165) is 25.7 Å². The van der Waals surface area contributed by atoms with E-state index in [4.69, 9.17) is 4.74 Å². The molecule has 3 amide bonds. The molecule has 0 unspecified atom stereocenters. The Morgan fingerprint density at radius 1 is 1.25 bits per heavy atom. The number of benzene rings is 1. The first-order valence-corrected chi connectivity index (χ1v) is 8.53. The van der Waals surface area contributed by atoms with Crippen molar-refractivity contribution in [2.45, 2.75) is 44.6 Å². The highest BCUT2D eigenvalue weighted by Gasteiger charge is 2.51. The molecule has 0 bridgehead atoms. The van der Waals surface area contributed by atoms with Gasteiger partial charge in [-0.25, -0.2) is 9.18 Å². The molecule has 0 aromatic heterocycles. The lowest BCUT2D eigenvalue weighted by Gasteiger charge is -2.33. The van der Waals surface area contributed by atoms with Gasteiger partial charge in [0.1, 0.15) is 17.1 Å². The van der Waals surface area contributed by atoms with Crippen LogP contribution in [-0.2, 0) is 4.79 Å². The van der Waals surface area contributed by atoms with E-state index in [1.165, 1.54) is 17.0 Å². The first-order chi connectivity index (χ1) is 11.5. The largest absolute Gasteiger partial charge is 0.494 e. The van der Waals surface area contributed by atoms with E-state index in [9.17, 15) is 14.0 Å². The van der Waals surface area contributed by atoms with E-state index in [-0.39, 0.29) is 17.8 Å². The molecule has 1 aliphatic heterocycles. The van der Waals surface area contributed by atoms with Gasteiger partial charge in [0.15, 0.2) is 0 Å². The molecule has 0 radical (unpaired) electrons. The summed E-state index contributed by atoms with van der Waals surface area (Å²) in [6.45, 7) is 2.88. The number of hydrogen-bond acceptors (Lipinski definition) is 3. The van der Waals surface area contributed by atoms with Gasteiger partial charge in [0.2, 0.25) is 0 Å². The standard InChI is InChI=1S/C18H23FN2O3/c1-13-7-9-18(10-8-13)16(22)21(17(23)20-18)11-2-12-24-15-5-3-14(19)4-6-15/h3-6,13H,2,7-12H2,1H3,(H,20,23). The zero-order valence-electron chi connectivity index (χ0n) is 13.9. The van der Waals surface area contributed by atoms with Crippen LogP contribution in [0.1, 0.15) is 39.0 Å². The fourth-order valence-corrected chi connectivity index (χ4v) is 3.42. The monoisotopic (exact) mass is 334 g/mol. The molecular formula is C18H23FN2O3. The summed E-state index contributed by atoms with van der Waals surface area (Å²) in [5, 5.41) is 2.91. The molecule has 1 saturated carbocycles. The van der Waals surface area contributed by atoms with E-state index < -0.39 is 5.54 Å². The van der Waals surface area contributed by atoms with Gasteiger partial charge in [0.25, 0.3) is 5.91 Å². The molecule has 1 saturated heterocycles. The number of carbonyl (C=O) groups is 2. The van der Waals surface area contributed by atoms with E-state index in [0.29, 0.717) is 31.2 Å². The molecule has 130 valence electrons. The Labute approximate surface area is 141 Å². The second-order valence-electron chi connectivity index (χ2n) is 6.81. The van der Waals surface area contributed by atoms with Gasteiger partial charge in [-0.15, -0.1) is 0 Å². The van der Waals surface area contributed by atoms with Crippen LogP contribution < -0.4 is 10.1 Å². The van der Waals surface area contributed by atoms with Gasteiger partial charge < -0.3 is 10.1 Å². The average molecular weight is 334 g/mol. The minimum absolute atomic E-state index is 0.0961. The van der Waals surface area contributed by atoms with Crippen LogP contribution in [0.2, 0.25) is 0 Å². The fraction of sp³-hybridized carbons (Fsp3) is 0.556. The van der Waals surface area contributed by atoms with E-state index in [1.54, 1.807) is 12.1 Å². The van der Waals surface area contributed by atoms with Crippen LogP contribution in [0.25, 0.3) is 0 Å². The number of halogens is 1. The number of ether oxygens (including phenoxy) is 1. The molecular weight excluding hydrogens is 311 g/mol. The summed E-state index contributed by atoms with van der Waals surface area (Å²) in [4.78, 5) is 26.1. The lowest BCUT2D eigenvalue weighted by molar-refractivity contribution is -0.132. The van der Waals surface area contributed by atoms with Gasteiger partial charge >= 0.3 is 6.03 Å². The summed E-state index contributed by atoms with van der Waals surface area (Å²) in [5.41, 5.74) is -0.679. The summed E-state index contributed by atoms with van der Waals surface area (Å²) >= 11 is 0. The van der Waals surface area contributed by atoms with Crippen LogP contribution in [0, 0.1) is 11.7 Å². The molecule has 1 aromatic rings. The normalized spacial score (nSPS) is 26.8. The van der Waals surface area contributed by atoms with Crippen molar-refractivity contribution in [3.05, 3.63) is 30.1 Å². The number of carbonyl (C=O) groups excluding carboxylic acids is 2. The van der Waals surface area contributed by atoms with Crippen LogP contribution in [0.5, 0.6) is 5.75 Å². The third-order valence-corrected chi connectivity index (χ3v) is 4.98. The van der Waals surface area contributed by atoms with E-state index in [1.807, 2.05) is 0 Å². The first-order valence-electron chi connectivity index (χ1n) is 8.53. The number of nitrogens with one attached hydrogen (secondary N) is 1. The van der Waals surface area contributed by atoms with E-state index >= 15 is 0 Å². The molecule has 0 atom stereocenters. The van der Waals surface area contributed by atoms with Crippen molar-refractivity contribution in [1.29, 1.82) is 0 Å². The molecule has 1 heterocycles. The minimum atomic E-state index is -0.679. The summed E-state index contributed by atoms with van der Waals surface area (Å²) in [5.74, 6) is 0.778. The SMILES string of the molecule is CC1CCC2(CC1)NC(=O)N(CCCOc1ccc(F)cc1)C2=O. The Balaban J connectivity index is 1.49. The Kier molecular flexibility index (Phi) is 4.73. The van der Waals surface area contributed by atoms with Crippen LogP contribution in [-0.4, -0.2) is 35.5 Å². The fourth-order valence-electron chi connectivity index (χ4n) is 3.42. The molecule has 24 heavy (non-hydrogen) atoms. The van der Waals surface area contributed by atoms with Crippen molar-refractivity contribution in [2.75, 3.05) is 13.2 Å². The van der Waals surface area contributed by atoms with Gasteiger partial charge in [-0.3, -0.25) is 9.69 Å². The first kappa shape index (κ1) is 16.7. The second kappa shape index (κ2) is 6.79. The van der Waals surface area contributed by atoms with Crippen molar-refractivity contribution in [3.8, 4) is 5.75 Å². The lowest BCUT2D eigenvalue weighted by Crippen LogP contribution is -2.49. The van der Waals surface area contributed by atoms with Crippen molar-refractivity contribution < 1.29 is 18.7 Å². The van der Waals surface area contributed by atoms with Gasteiger partial charge in [0.05, 0.1) is 6.61 Å². The van der Waals surface area contributed by atoms with Gasteiger partial charge in [0, 0.05) is 6.54 Å². The Morgan fingerprint density at radius 2 is 1.92 bits per heavy atom. The maximum absolute atomic E-state index is 12.8. The van der Waals surface area contributed by atoms with Crippen LogP contribution in [0.4, 0.5) is 9.18 Å². The minimum Gasteiger partial charge on any atom is -0.494 e. The maximum Gasteiger partial charge on any atom is 0.325 e. The zero-order chi connectivity index (χ0) is 17.2. The van der Waals surface area contributed by atoms with Gasteiger partial charge in [-0.2, -0.15) is 0 Å². The number of imide groups is 1. The van der Waals surface area contributed by atoms with Crippen LogP contribution >= 0.6 is 0 Å². The van der Waals surface area contributed by atoms with Crippen molar-refractivity contribution in [3.63, 3.8) is 0 Å². The summed E-state index contributed by atoms with van der Waals surface area (Å²) in [6.07, 6.45) is 3.92. The van der Waals surface area contributed by atoms with Crippen molar-refractivity contribution in [1.82, 2.24) is 10.2 Å². The number of hydrogen-bond donors (Lipinski definition) is 1. The smallest absolute Gasteiger partial charge is 0.325 e. The highest BCUT2D eigenvalue weighted by Crippen LogP contribution is 2.36. The Hall–Kier alpha value is -2.11. The van der Waals surface area contributed by atoms with Crippen LogP contribution in [0.15, 0.2) is 24.3 Å². The lowest BCUT2D eigenvalue weighted by atomic mass is 9.77. The Bertz CT molecular complexity index is 609. The van der Waals surface area contributed by atoms with Gasteiger partial charge in [-0.05, 0) is 62.3 Å². The highest BCUT2D eigenvalue weighted by molar-refractivity contribution is 6.07. The predicted octanol–water partition coefficient (Wildman–Crippen LogP) is 3.10. The summed E-state index contributed by atoms with van der Waals surface area (Å²) in [7, 11) is 0. The van der Waals surface area contributed by atoms with Crippen LogP contribution in [0.3, 0.4) is 0 Å². The number of nitrogens with zero attached hydrogens (tertiary/aromatic N) is 1. The quantitative estimate of drug-likeness (QED) is 0.665. The number of amides is 3. The number of urea groups is 1. The van der Waals surface area contributed by atoms with Crippen molar-refractivity contribution >= 4 is 11.9 Å². The summed E-state index contributed by atoms with van der Waals surface area (Å²) in [6, 6.07) is 5.49. The molecule has 2 aliphatic rings. The third-order valence-electron chi connectivity index (χ3n) is 4.98. The topological polar surface area (TPSA) is 58.6 Å². The predicted molar refractivity (Wildman–Crippen MR) is 87.1 cm³/mol. The number of rotatable bonds is 5. The molecule has 1 aliphatic carbocycles. The molecule has 5 nitrogen and oxygen atoms in total. The molecule has 6 heteroatoms. The second-order valence-corrected chi connectivity index (χ2v) is 6.81. The molecule has 1 aromatic carbocycles. The third kappa shape index (κ3) is 3.37. The molecule has 2 fully saturated rings. The van der Waals surface area contributed by atoms with Crippen molar-refractivity contribution in [2.24, 2.45) is 5.92 Å². The molecule has 1 N–H and O–H groups in total. The maximum atomic E-state index is 12.8. The molecule has 1 spiro atoms. The zero-order valence-corrected chi connectivity index (χ0v) is 13.9.